The molecule has 0 atom stereocenters. The minimum absolute atomic E-state index is 0.285. The van der Waals surface area contributed by atoms with Crippen molar-refractivity contribution >= 4 is 33.3 Å². The summed E-state index contributed by atoms with van der Waals surface area (Å²) >= 11 is 1.48. The van der Waals surface area contributed by atoms with Crippen molar-refractivity contribution in [2.75, 3.05) is 5.32 Å². The lowest BCUT2D eigenvalue weighted by molar-refractivity contribution is 0.0998. The summed E-state index contributed by atoms with van der Waals surface area (Å²) in [6.45, 7) is 2.08. The Morgan fingerprint density at radius 3 is 2.88 bits per heavy atom. The molecule has 0 aliphatic heterocycles. The first kappa shape index (κ1) is 15.6. The van der Waals surface area contributed by atoms with Crippen LogP contribution in [0.4, 0.5) is 5.13 Å². The molecule has 0 saturated heterocycles. The van der Waals surface area contributed by atoms with E-state index in [0.29, 0.717) is 10.7 Å². The summed E-state index contributed by atoms with van der Waals surface area (Å²) in [5.41, 5.74) is 3.17. The Labute approximate surface area is 149 Å². The molecule has 0 spiro atoms. The van der Waals surface area contributed by atoms with E-state index in [0.717, 1.165) is 16.7 Å². The summed E-state index contributed by atoms with van der Waals surface area (Å²) in [6.07, 6.45) is 2.61. The summed E-state index contributed by atoms with van der Waals surface area (Å²) in [6, 6.07) is 17.7. The number of fused-ring (bicyclic) bond motifs is 1. The maximum atomic E-state index is 12.4. The van der Waals surface area contributed by atoms with Gasteiger partial charge < -0.3 is 4.42 Å². The summed E-state index contributed by atoms with van der Waals surface area (Å²) < 4.78 is 5.58. The molecule has 1 N–H and O–H groups in total. The van der Waals surface area contributed by atoms with Crippen LogP contribution in [0.25, 0.3) is 11.0 Å². The standard InChI is InChI=1S/C20H16N2O2S/c1-13-5-4-6-14(9-13)10-16-12-21-20(25-16)22-19(23)18-11-15-7-2-3-8-17(15)24-18/h2-9,11-12H,10H2,1H3,(H,21,22,23). The van der Waals surface area contributed by atoms with Gasteiger partial charge in [-0.2, -0.15) is 0 Å². The lowest BCUT2D eigenvalue weighted by atomic mass is 10.1. The second-order valence-corrected chi connectivity index (χ2v) is 7.02. The minimum Gasteiger partial charge on any atom is -0.451 e. The van der Waals surface area contributed by atoms with Gasteiger partial charge >= 0.3 is 0 Å². The number of carbonyl (C=O) groups excluding carboxylic acids is 1. The molecule has 4 rings (SSSR count). The van der Waals surface area contributed by atoms with E-state index in [-0.39, 0.29) is 11.7 Å². The fraction of sp³-hybridized carbons (Fsp3) is 0.100. The molecule has 0 unspecified atom stereocenters. The summed E-state index contributed by atoms with van der Waals surface area (Å²) in [5.74, 6) is 0.00397. The monoisotopic (exact) mass is 348 g/mol. The van der Waals surface area contributed by atoms with Gasteiger partial charge in [0.25, 0.3) is 5.91 Å². The Hall–Kier alpha value is -2.92. The maximum Gasteiger partial charge on any atom is 0.293 e. The van der Waals surface area contributed by atoms with Crippen LogP contribution in [0.3, 0.4) is 0 Å². The van der Waals surface area contributed by atoms with Gasteiger partial charge in [0.1, 0.15) is 5.58 Å². The van der Waals surface area contributed by atoms with Crippen LogP contribution in [0.2, 0.25) is 0 Å². The molecule has 1 amide bonds. The van der Waals surface area contributed by atoms with Gasteiger partial charge in [0, 0.05) is 22.9 Å². The predicted octanol–water partition coefficient (Wildman–Crippen LogP) is 5.04. The predicted molar refractivity (Wildman–Crippen MR) is 100 cm³/mol. The number of carbonyl (C=O) groups is 1. The van der Waals surface area contributed by atoms with Gasteiger partial charge in [-0.3, -0.25) is 10.1 Å². The van der Waals surface area contributed by atoms with Crippen molar-refractivity contribution in [2.45, 2.75) is 13.3 Å². The molecular formula is C20H16N2O2S. The number of benzene rings is 2. The highest BCUT2D eigenvalue weighted by Gasteiger charge is 2.14. The summed E-state index contributed by atoms with van der Waals surface area (Å²) in [4.78, 5) is 17.8. The molecule has 0 bridgehead atoms. The molecular weight excluding hydrogens is 332 g/mol. The highest BCUT2D eigenvalue weighted by Crippen LogP contribution is 2.24. The van der Waals surface area contributed by atoms with Crippen LogP contribution in [0, 0.1) is 6.92 Å². The molecule has 2 aromatic carbocycles. The van der Waals surface area contributed by atoms with E-state index >= 15 is 0 Å². The summed E-state index contributed by atoms with van der Waals surface area (Å²) in [5, 5.41) is 4.30. The molecule has 0 aliphatic rings. The van der Waals surface area contributed by atoms with Crippen molar-refractivity contribution in [1.82, 2.24) is 4.98 Å². The van der Waals surface area contributed by atoms with Crippen LogP contribution in [-0.2, 0) is 6.42 Å². The molecule has 0 aliphatic carbocycles. The van der Waals surface area contributed by atoms with Gasteiger partial charge in [-0.25, -0.2) is 4.98 Å². The van der Waals surface area contributed by atoms with Gasteiger partial charge in [-0.15, -0.1) is 11.3 Å². The third kappa shape index (κ3) is 3.46. The van der Waals surface area contributed by atoms with Gasteiger partial charge in [0.05, 0.1) is 0 Å². The number of aromatic nitrogens is 1. The molecule has 0 fully saturated rings. The van der Waals surface area contributed by atoms with Crippen molar-refractivity contribution in [1.29, 1.82) is 0 Å². The molecule has 4 aromatic rings. The Morgan fingerprint density at radius 2 is 2.04 bits per heavy atom. The van der Waals surface area contributed by atoms with E-state index in [1.807, 2.05) is 24.3 Å². The van der Waals surface area contributed by atoms with E-state index in [9.17, 15) is 4.79 Å². The highest BCUT2D eigenvalue weighted by atomic mass is 32.1. The highest BCUT2D eigenvalue weighted by molar-refractivity contribution is 7.15. The Balaban J connectivity index is 1.47. The number of aryl methyl sites for hydroxylation is 1. The van der Waals surface area contributed by atoms with Gasteiger partial charge in [-0.05, 0) is 24.6 Å². The van der Waals surface area contributed by atoms with Crippen LogP contribution in [-0.4, -0.2) is 10.9 Å². The number of nitrogens with zero attached hydrogens (tertiary/aromatic N) is 1. The Kier molecular flexibility index (Phi) is 4.07. The zero-order chi connectivity index (χ0) is 17.2. The van der Waals surface area contributed by atoms with E-state index in [4.69, 9.17) is 4.42 Å². The molecule has 5 heteroatoms. The molecule has 25 heavy (non-hydrogen) atoms. The molecule has 2 heterocycles. The normalized spacial score (nSPS) is 10.9. The van der Waals surface area contributed by atoms with Crippen LogP contribution >= 0.6 is 11.3 Å². The molecule has 4 nitrogen and oxygen atoms in total. The molecule has 124 valence electrons. The first-order chi connectivity index (χ1) is 12.2. The largest absolute Gasteiger partial charge is 0.451 e. The number of hydrogen-bond donors (Lipinski definition) is 1. The third-order valence-corrected chi connectivity index (χ3v) is 4.80. The van der Waals surface area contributed by atoms with Crippen LogP contribution in [0.1, 0.15) is 26.6 Å². The second-order valence-electron chi connectivity index (χ2n) is 5.90. The second kappa shape index (κ2) is 6.53. The van der Waals surface area contributed by atoms with Gasteiger partial charge in [0.2, 0.25) is 0 Å². The zero-order valence-electron chi connectivity index (χ0n) is 13.7. The number of para-hydroxylation sites is 1. The molecule has 2 aromatic heterocycles. The third-order valence-electron chi connectivity index (χ3n) is 3.88. The van der Waals surface area contributed by atoms with Crippen LogP contribution < -0.4 is 5.32 Å². The topological polar surface area (TPSA) is 55.1 Å². The first-order valence-electron chi connectivity index (χ1n) is 7.97. The number of furan rings is 1. The fourth-order valence-corrected chi connectivity index (χ4v) is 3.56. The Morgan fingerprint density at radius 1 is 1.16 bits per heavy atom. The maximum absolute atomic E-state index is 12.4. The average Bonchev–Trinajstić information content (AvgIpc) is 3.21. The van der Waals surface area contributed by atoms with E-state index in [1.165, 1.54) is 22.5 Å². The minimum atomic E-state index is -0.285. The van der Waals surface area contributed by atoms with E-state index in [1.54, 1.807) is 12.3 Å². The molecule has 0 radical (unpaired) electrons. The van der Waals surface area contributed by atoms with Gasteiger partial charge in [-0.1, -0.05) is 48.0 Å². The van der Waals surface area contributed by atoms with E-state index < -0.39 is 0 Å². The quantitative estimate of drug-likeness (QED) is 0.562. The van der Waals surface area contributed by atoms with Crippen molar-refractivity contribution < 1.29 is 9.21 Å². The van der Waals surface area contributed by atoms with Crippen LogP contribution in [0.15, 0.2) is 65.2 Å². The Bertz CT molecular complexity index is 1020. The van der Waals surface area contributed by atoms with Crippen molar-refractivity contribution in [3.63, 3.8) is 0 Å². The van der Waals surface area contributed by atoms with Crippen molar-refractivity contribution in [3.8, 4) is 0 Å². The number of amides is 1. The van der Waals surface area contributed by atoms with E-state index in [2.05, 4.69) is 41.5 Å². The lowest BCUT2D eigenvalue weighted by Gasteiger charge is -2.00. The number of anilines is 1. The van der Waals surface area contributed by atoms with Crippen molar-refractivity contribution in [3.05, 3.63) is 82.6 Å². The van der Waals surface area contributed by atoms with Crippen molar-refractivity contribution in [2.24, 2.45) is 0 Å². The first-order valence-corrected chi connectivity index (χ1v) is 8.79. The summed E-state index contributed by atoms with van der Waals surface area (Å²) in [7, 11) is 0. The van der Waals surface area contributed by atoms with Gasteiger partial charge in [0.15, 0.2) is 10.9 Å². The van der Waals surface area contributed by atoms with Crippen LogP contribution in [0.5, 0.6) is 0 Å². The number of rotatable bonds is 4. The zero-order valence-corrected chi connectivity index (χ0v) is 14.5. The smallest absolute Gasteiger partial charge is 0.293 e. The SMILES string of the molecule is Cc1cccc(Cc2cnc(NC(=O)c3cc4ccccc4o3)s2)c1. The number of nitrogens with one attached hydrogen (secondary N) is 1. The average molecular weight is 348 g/mol. The number of hydrogen-bond acceptors (Lipinski definition) is 4. The number of thiazole rings is 1. The lowest BCUT2D eigenvalue weighted by Crippen LogP contribution is -2.10. The molecule has 0 saturated carbocycles. The fourth-order valence-electron chi connectivity index (χ4n) is 2.72.